The van der Waals surface area contributed by atoms with Gasteiger partial charge in [0.15, 0.2) is 5.96 Å². The number of primary amides is 1. The third-order valence-electron chi connectivity index (χ3n) is 3.83. The fourth-order valence-corrected chi connectivity index (χ4v) is 2.17. The predicted molar refractivity (Wildman–Crippen MR) is 106 cm³/mol. The maximum absolute atomic E-state index is 12.0. The minimum atomic E-state index is -1.34. The largest absolute Gasteiger partial charge is 0.480 e. The van der Waals surface area contributed by atoms with Crippen molar-refractivity contribution >= 4 is 35.6 Å². The standard InChI is InChI=1S/C16H30N8O6/c1-8(23-14(28)9(17)3-2-6-21-16(19)20)13(27)22-7-12(26)24-10(15(29)30)4-5-11(18)25/h8-10H,2-7,17H2,1H3,(H2,18,25)(H,22,27)(H,23,28)(H,24,26)(H,29,30)(H4,19,20,21)/t8-,9-,10-/m0/s1. The van der Waals surface area contributed by atoms with E-state index in [0.717, 1.165) is 0 Å². The first-order chi connectivity index (χ1) is 13.9. The van der Waals surface area contributed by atoms with Gasteiger partial charge in [-0.05, 0) is 26.2 Å². The van der Waals surface area contributed by atoms with E-state index in [1.807, 2.05) is 0 Å². The van der Waals surface area contributed by atoms with Crippen LogP contribution >= 0.6 is 0 Å². The number of nitrogens with two attached hydrogens (primary N) is 3. The second-order valence-electron chi connectivity index (χ2n) is 6.50. The number of hydrogen-bond acceptors (Lipinski definition) is 7. The van der Waals surface area contributed by atoms with Crippen LogP contribution in [0.25, 0.3) is 0 Å². The summed E-state index contributed by atoms with van der Waals surface area (Å²) in [6, 6.07) is -3.19. The monoisotopic (exact) mass is 430 g/mol. The lowest BCUT2D eigenvalue weighted by molar-refractivity contribution is -0.142. The van der Waals surface area contributed by atoms with E-state index >= 15 is 0 Å². The van der Waals surface area contributed by atoms with Gasteiger partial charge < -0.3 is 43.6 Å². The minimum absolute atomic E-state index is 0.184. The van der Waals surface area contributed by atoms with Crippen molar-refractivity contribution in [2.75, 3.05) is 13.1 Å². The topological polar surface area (TPSA) is 256 Å². The van der Waals surface area contributed by atoms with Crippen molar-refractivity contribution < 1.29 is 29.1 Å². The predicted octanol–water partition coefficient (Wildman–Crippen LogP) is -3.97. The lowest BCUT2D eigenvalue weighted by Gasteiger charge is -2.18. The number of carboxylic acid groups (broad SMARTS) is 1. The molecule has 0 saturated heterocycles. The molecule has 0 aromatic heterocycles. The van der Waals surface area contributed by atoms with Crippen LogP contribution in [0, 0.1) is 5.41 Å². The summed E-state index contributed by atoms with van der Waals surface area (Å²) in [5, 5.41) is 25.4. The molecular formula is C16H30N8O6. The normalized spacial score (nSPS) is 13.3. The molecule has 14 nitrogen and oxygen atoms in total. The molecule has 0 radical (unpaired) electrons. The van der Waals surface area contributed by atoms with Crippen molar-refractivity contribution in [1.29, 1.82) is 5.41 Å². The van der Waals surface area contributed by atoms with Crippen molar-refractivity contribution in [3.8, 4) is 0 Å². The van der Waals surface area contributed by atoms with E-state index < -0.39 is 54.3 Å². The highest BCUT2D eigenvalue weighted by atomic mass is 16.4. The number of amides is 4. The average molecular weight is 430 g/mol. The van der Waals surface area contributed by atoms with Gasteiger partial charge in [-0.25, -0.2) is 4.79 Å². The van der Waals surface area contributed by atoms with E-state index in [0.29, 0.717) is 19.4 Å². The first kappa shape index (κ1) is 26.6. The summed E-state index contributed by atoms with van der Waals surface area (Å²) in [7, 11) is 0. The number of carbonyl (C=O) groups is 5. The molecule has 0 saturated carbocycles. The van der Waals surface area contributed by atoms with Gasteiger partial charge in [-0.15, -0.1) is 0 Å². The van der Waals surface area contributed by atoms with Gasteiger partial charge in [0.25, 0.3) is 0 Å². The maximum atomic E-state index is 12.0. The quantitative estimate of drug-likeness (QED) is 0.0738. The third-order valence-corrected chi connectivity index (χ3v) is 3.83. The van der Waals surface area contributed by atoms with Crippen LogP contribution in [-0.2, 0) is 24.0 Å². The van der Waals surface area contributed by atoms with E-state index in [4.69, 9.17) is 27.7 Å². The van der Waals surface area contributed by atoms with E-state index in [1.165, 1.54) is 6.92 Å². The molecule has 0 aromatic rings. The highest BCUT2D eigenvalue weighted by Gasteiger charge is 2.23. The van der Waals surface area contributed by atoms with Crippen LogP contribution < -0.4 is 38.5 Å². The smallest absolute Gasteiger partial charge is 0.326 e. The Balaban J connectivity index is 4.33. The van der Waals surface area contributed by atoms with E-state index in [1.54, 1.807) is 0 Å². The summed E-state index contributed by atoms with van der Waals surface area (Å²) >= 11 is 0. The second-order valence-corrected chi connectivity index (χ2v) is 6.50. The number of rotatable bonds is 14. The molecular weight excluding hydrogens is 400 g/mol. The zero-order chi connectivity index (χ0) is 23.3. The molecule has 0 aliphatic heterocycles. The summed E-state index contributed by atoms with van der Waals surface area (Å²) in [5.74, 6) is -4.26. The van der Waals surface area contributed by atoms with Crippen LogP contribution in [0.5, 0.6) is 0 Å². The molecule has 0 aliphatic carbocycles. The van der Waals surface area contributed by atoms with E-state index in [2.05, 4.69) is 21.3 Å². The molecule has 0 bridgehead atoms. The van der Waals surface area contributed by atoms with Crippen molar-refractivity contribution in [2.24, 2.45) is 17.2 Å². The highest BCUT2D eigenvalue weighted by Crippen LogP contribution is 1.98. The highest BCUT2D eigenvalue weighted by molar-refractivity contribution is 5.92. The van der Waals surface area contributed by atoms with Crippen molar-refractivity contribution in [1.82, 2.24) is 21.3 Å². The maximum Gasteiger partial charge on any atom is 0.326 e. The Morgan fingerprint density at radius 3 is 2.17 bits per heavy atom. The van der Waals surface area contributed by atoms with E-state index in [-0.39, 0.29) is 18.8 Å². The fraction of sp³-hybridized carbons (Fsp3) is 0.625. The van der Waals surface area contributed by atoms with Gasteiger partial charge >= 0.3 is 5.97 Å². The molecule has 0 aliphatic rings. The van der Waals surface area contributed by atoms with Crippen LogP contribution in [0.2, 0.25) is 0 Å². The second kappa shape index (κ2) is 13.7. The van der Waals surface area contributed by atoms with Gasteiger partial charge in [-0.1, -0.05) is 0 Å². The molecule has 12 N–H and O–H groups in total. The molecule has 30 heavy (non-hydrogen) atoms. The molecule has 0 rings (SSSR count). The van der Waals surface area contributed by atoms with Gasteiger partial charge in [0.2, 0.25) is 23.6 Å². The number of hydrogen-bond donors (Lipinski definition) is 9. The summed E-state index contributed by atoms with van der Waals surface area (Å²) in [6.07, 6.45) is 0.370. The molecule has 3 atom stereocenters. The molecule has 170 valence electrons. The van der Waals surface area contributed by atoms with Crippen LogP contribution in [0.4, 0.5) is 0 Å². The lowest BCUT2D eigenvalue weighted by atomic mass is 10.1. The van der Waals surface area contributed by atoms with Gasteiger partial charge in [0.1, 0.15) is 12.1 Å². The van der Waals surface area contributed by atoms with Gasteiger partial charge in [0.05, 0.1) is 12.6 Å². The molecule has 4 amide bonds. The van der Waals surface area contributed by atoms with Crippen molar-refractivity contribution in [3.05, 3.63) is 0 Å². The summed E-state index contributed by atoms with van der Waals surface area (Å²) in [6.45, 7) is 1.24. The minimum Gasteiger partial charge on any atom is -0.480 e. The number of carbonyl (C=O) groups excluding carboxylic acids is 4. The van der Waals surface area contributed by atoms with Crippen LogP contribution in [0.3, 0.4) is 0 Å². The lowest BCUT2D eigenvalue weighted by Crippen LogP contribution is -2.52. The summed E-state index contributed by atoms with van der Waals surface area (Å²) < 4.78 is 0. The van der Waals surface area contributed by atoms with Crippen molar-refractivity contribution in [3.63, 3.8) is 0 Å². The molecule has 0 spiro atoms. The number of guanidine groups is 1. The SMILES string of the molecule is C[C@H](NC(=O)[C@@H](N)CCCNC(=N)N)C(=O)NCC(=O)N[C@@H](CCC(N)=O)C(=O)O. The Morgan fingerprint density at radius 1 is 1.00 bits per heavy atom. The summed E-state index contributed by atoms with van der Waals surface area (Å²) in [5.41, 5.74) is 15.8. The van der Waals surface area contributed by atoms with E-state index in [9.17, 15) is 24.0 Å². The third kappa shape index (κ3) is 12.1. The number of aliphatic carboxylic acids is 1. The molecule has 0 heterocycles. The Morgan fingerprint density at radius 2 is 1.63 bits per heavy atom. The molecule has 0 unspecified atom stereocenters. The average Bonchev–Trinajstić information content (AvgIpc) is 2.65. The Labute approximate surface area is 173 Å². The van der Waals surface area contributed by atoms with Gasteiger partial charge in [-0.3, -0.25) is 24.6 Å². The zero-order valence-corrected chi connectivity index (χ0v) is 16.7. The molecule has 0 aromatic carbocycles. The van der Waals surface area contributed by atoms with Crippen molar-refractivity contribution in [2.45, 2.75) is 50.7 Å². The van der Waals surface area contributed by atoms with Gasteiger partial charge in [-0.2, -0.15) is 0 Å². The zero-order valence-electron chi connectivity index (χ0n) is 16.7. The van der Waals surface area contributed by atoms with Gasteiger partial charge in [0, 0.05) is 13.0 Å². The first-order valence-electron chi connectivity index (χ1n) is 9.16. The first-order valence-corrected chi connectivity index (χ1v) is 9.16. The number of carboxylic acids is 1. The summed E-state index contributed by atoms with van der Waals surface area (Å²) in [4.78, 5) is 57.6. The Kier molecular flexibility index (Phi) is 12.1. The van der Waals surface area contributed by atoms with Crippen LogP contribution in [0.15, 0.2) is 0 Å². The molecule has 14 heteroatoms. The van der Waals surface area contributed by atoms with Crippen LogP contribution in [0.1, 0.15) is 32.6 Å². The number of nitrogens with one attached hydrogen (secondary N) is 5. The Hall–Kier alpha value is -3.42. The fourth-order valence-electron chi connectivity index (χ4n) is 2.17. The molecule has 0 fully saturated rings. The van der Waals surface area contributed by atoms with Crippen LogP contribution in [-0.4, -0.2) is 71.9 Å². The Bertz CT molecular complexity index is 656.